The van der Waals surface area contributed by atoms with Gasteiger partial charge >= 0.3 is 0 Å². The van der Waals surface area contributed by atoms with Gasteiger partial charge in [0.05, 0.1) is 6.04 Å². The van der Waals surface area contributed by atoms with Crippen LogP contribution in [0.3, 0.4) is 0 Å². The van der Waals surface area contributed by atoms with E-state index in [1.54, 1.807) is 0 Å². The smallest absolute Gasteiger partial charge is 0.191 e. The van der Waals surface area contributed by atoms with Crippen LogP contribution in [0.2, 0.25) is 0 Å². The van der Waals surface area contributed by atoms with Crippen LogP contribution in [0.1, 0.15) is 56.6 Å². The van der Waals surface area contributed by atoms with Crippen LogP contribution in [0.25, 0.3) is 0 Å². The van der Waals surface area contributed by atoms with Gasteiger partial charge in [-0.25, -0.2) is 4.99 Å². The SMILES string of the molecule is I.NC(=NC(CC1CCOCC1)c1ccccc1)N1CCCCCC1. The predicted octanol–water partition coefficient (Wildman–Crippen LogP) is 4.35. The predicted molar refractivity (Wildman–Crippen MR) is 114 cm³/mol. The molecule has 3 rings (SSSR count). The van der Waals surface area contributed by atoms with Crippen LogP contribution in [0.15, 0.2) is 35.3 Å². The van der Waals surface area contributed by atoms with Gasteiger partial charge in [-0.2, -0.15) is 0 Å². The van der Waals surface area contributed by atoms with Crippen LogP contribution in [-0.2, 0) is 4.74 Å². The molecule has 5 heteroatoms. The number of rotatable bonds is 4. The molecule has 1 aromatic carbocycles. The van der Waals surface area contributed by atoms with Crippen LogP contribution >= 0.6 is 24.0 Å². The molecule has 1 unspecified atom stereocenters. The number of nitrogens with two attached hydrogens (primary N) is 1. The second-order valence-electron chi connectivity index (χ2n) is 7.11. The highest BCUT2D eigenvalue weighted by Crippen LogP contribution is 2.30. The zero-order valence-corrected chi connectivity index (χ0v) is 17.4. The molecular formula is C20H32IN3O. The minimum absolute atomic E-state index is 0. The summed E-state index contributed by atoms with van der Waals surface area (Å²) in [6, 6.07) is 10.8. The molecule has 2 fully saturated rings. The van der Waals surface area contributed by atoms with E-state index in [9.17, 15) is 0 Å². The maximum atomic E-state index is 6.41. The summed E-state index contributed by atoms with van der Waals surface area (Å²) in [5.41, 5.74) is 7.69. The second-order valence-corrected chi connectivity index (χ2v) is 7.11. The first kappa shape index (κ1) is 20.5. The fraction of sp³-hybridized carbons (Fsp3) is 0.650. The number of nitrogens with zero attached hydrogens (tertiary/aromatic N) is 2. The van der Waals surface area contributed by atoms with Crippen molar-refractivity contribution < 1.29 is 4.74 Å². The van der Waals surface area contributed by atoms with Gasteiger partial charge in [-0.05, 0) is 43.6 Å². The topological polar surface area (TPSA) is 50.9 Å². The van der Waals surface area contributed by atoms with Crippen molar-refractivity contribution in [3.63, 3.8) is 0 Å². The first-order valence-electron chi connectivity index (χ1n) is 9.54. The molecule has 25 heavy (non-hydrogen) atoms. The number of ether oxygens (including phenoxy) is 1. The summed E-state index contributed by atoms with van der Waals surface area (Å²) < 4.78 is 5.51. The maximum absolute atomic E-state index is 6.41. The largest absolute Gasteiger partial charge is 0.381 e. The second kappa shape index (κ2) is 11.0. The van der Waals surface area contributed by atoms with E-state index in [1.807, 2.05) is 0 Å². The molecule has 140 valence electrons. The quantitative estimate of drug-likeness (QED) is 0.416. The Bertz CT molecular complexity index is 509. The Morgan fingerprint density at radius 1 is 1.08 bits per heavy atom. The van der Waals surface area contributed by atoms with Gasteiger partial charge in [-0.1, -0.05) is 43.2 Å². The first-order valence-corrected chi connectivity index (χ1v) is 9.54. The van der Waals surface area contributed by atoms with E-state index in [-0.39, 0.29) is 30.0 Å². The van der Waals surface area contributed by atoms with Crippen LogP contribution in [0.4, 0.5) is 0 Å². The summed E-state index contributed by atoms with van der Waals surface area (Å²) in [5, 5.41) is 0. The van der Waals surface area contributed by atoms with Crippen molar-refractivity contribution in [3.05, 3.63) is 35.9 Å². The van der Waals surface area contributed by atoms with Crippen molar-refractivity contribution in [2.45, 2.75) is 51.0 Å². The molecule has 0 aromatic heterocycles. The van der Waals surface area contributed by atoms with Gasteiger partial charge in [0, 0.05) is 26.3 Å². The lowest BCUT2D eigenvalue weighted by atomic mass is 9.90. The van der Waals surface area contributed by atoms with Gasteiger partial charge in [-0.15, -0.1) is 24.0 Å². The van der Waals surface area contributed by atoms with E-state index < -0.39 is 0 Å². The highest BCUT2D eigenvalue weighted by atomic mass is 127. The summed E-state index contributed by atoms with van der Waals surface area (Å²) in [4.78, 5) is 7.27. The molecular weight excluding hydrogens is 425 g/mol. The lowest BCUT2D eigenvalue weighted by Crippen LogP contribution is -2.38. The van der Waals surface area contributed by atoms with Crippen molar-refractivity contribution in [2.75, 3.05) is 26.3 Å². The Labute approximate surface area is 169 Å². The lowest BCUT2D eigenvalue weighted by molar-refractivity contribution is 0.0619. The van der Waals surface area contributed by atoms with Crippen LogP contribution in [-0.4, -0.2) is 37.2 Å². The Kier molecular flexibility index (Phi) is 9.03. The Hall–Kier alpha value is -0.820. The summed E-state index contributed by atoms with van der Waals surface area (Å²) >= 11 is 0. The molecule has 0 radical (unpaired) electrons. The van der Waals surface area contributed by atoms with E-state index >= 15 is 0 Å². The molecule has 0 saturated carbocycles. The van der Waals surface area contributed by atoms with Crippen molar-refractivity contribution >= 4 is 29.9 Å². The van der Waals surface area contributed by atoms with Gasteiger partial charge in [0.15, 0.2) is 5.96 Å². The van der Waals surface area contributed by atoms with Crippen molar-refractivity contribution in [2.24, 2.45) is 16.6 Å². The zero-order valence-electron chi connectivity index (χ0n) is 15.1. The van der Waals surface area contributed by atoms with E-state index in [0.29, 0.717) is 5.92 Å². The number of aliphatic imine (C=N–C) groups is 1. The molecule has 1 atom stereocenters. The molecule has 0 amide bonds. The molecule has 0 aliphatic carbocycles. The third kappa shape index (κ3) is 6.44. The summed E-state index contributed by atoms with van der Waals surface area (Å²) in [6.07, 6.45) is 8.44. The van der Waals surface area contributed by atoms with Crippen LogP contribution < -0.4 is 5.73 Å². The van der Waals surface area contributed by atoms with Gasteiger partial charge in [0.2, 0.25) is 0 Å². The third-order valence-electron chi connectivity index (χ3n) is 5.30. The summed E-state index contributed by atoms with van der Waals surface area (Å²) in [7, 11) is 0. The Morgan fingerprint density at radius 2 is 1.72 bits per heavy atom. The number of halogens is 1. The average molecular weight is 457 g/mol. The Morgan fingerprint density at radius 3 is 2.36 bits per heavy atom. The number of benzene rings is 1. The Balaban J connectivity index is 0.00000225. The monoisotopic (exact) mass is 457 g/mol. The summed E-state index contributed by atoms with van der Waals surface area (Å²) in [5.74, 6) is 1.42. The van der Waals surface area contributed by atoms with E-state index in [2.05, 4.69) is 35.2 Å². The van der Waals surface area contributed by atoms with E-state index in [0.717, 1.165) is 51.5 Å². The number of likely N-dealkylation sites (tertiary alicyclic amines) is 1. The standard InChI is InChI=1S/C20H31N3O.HI/c21-20(23-12-6-1-2-7-13-23)22-19(18-8-4-3-5-9-18)16-17-10-14-24-15-11-17;/h3-5,8-9,17,19H,1-2,6-7,10-16H2,(H2,21,22);1H. The van der Waals surface area contributed by atoms with Gasteiger partial charge in [0.1, 0.15) is 0 Å². The van der Waals surface area contributed by atoms with Gasteiger partial charge < -0.3 is 15.4 Å². The van der Waals surface area contributed by atoms with Gasteiger partial charge in [-0.3, -0.25) is 0 Å². The number of guanidine groups is 1. The van der Waals surface area contributed by atoms with Crippen molar-refractivity contribution in [1.82, 2.24) is 4.90 Å². The number of hydrogen-bond donors (Lipinski definition) is 1. The minimum Gasteiger partial charge on any atom is -0.381 e. The molecule has 2 aliphatic heterocycles. The molecule has 0 spiro atoms. The van der Waals surface area contributed by atoms with Crippen molar-refractivity contribution in [1.29, 1.82) is 0 Å². The van der Waals surface area contributed by atoms with E-state index in [4.69, 9.17) is 15.5 Å². The molecule has 2 N–H and O–H groups in total. The molecule has 2 heterocycles. The van der Waals surface area contributed by atoms with Gasteiger partial charge in [0.25, 0.3) is 0 Å². The molecule has 2 aliphatic rings. The van der Waals surface area contributed by atoms with Crippen LogP contribution in [0, 0.1) is 5.92 Å². The average Bonchev–Trinajstić information content (AvgIpc) is 2.92. The highest BCUT2D eigenvalue weighted by Gasteiger charge is 2.21. The van der Waals surface area contributed by atoms with Crippen molar-refractivity contribution in [3.8, 4) is 0 Å². The van der Waals surface area contributed by atoms with E-state index in [1.165, 1.54) is 31.2 Å². The van der Waals surface area contributed by atoms with Crippen LogP contribution in [0.5, 0.6) is 0 Å². The highest BCUT2D eigenvalue weighted by molar-refractivity contribution is 14.0. The lowest BCUT2D eigenvalue weighted by Gasteiger charge is -2.27. The third-order valence-corrected chi connectivity index (χ3v) is 5.30. The first-order chi connectivity index (χ1) is 11.8. The zero-order chi connectivity index (χ0) is 16.6. The molecule has 1 aromatic rings. The normalized spacial score (nSPS) is 21.3. The molecule has 4 nitrogen and oxygen atoms in total. The molecule has 2 saturated heterocycles. The fourth-order valence-corrected chi connectivity index (χ4v) is 3.78. The molecule has 0 bridgehead atoms. The maximum Gasteiger partial charge on any atom is 0.191 e. The fourth-order valence-electron chi connectivity index (χ4n) is 3.78. The minimum atomic E-state index is 0. The number of hydrogen-bond acceptors (Lipinski definition) is 2. The summed E-state index contributed by atoms with van der Waals surface area (Å²) in [6.45, 7) is 3.87.